The molecule has 2 aromatic rings. The normalized spacial score (nSPS) is 11.6. The molecule has 8 heteroatoms. The van der Waals surface area contributed by atoms with Crippen molar-refractivity contribution in [3.8, 4) is 0 Å². The lowest BCUT2D eigenvalue weighted by Crippen LogP contribution is -2.24. The van der Waals surface area contributed by atoms with Crippen molar-refractivity contribution in [3.63, 3.8) is 0 Å². The Balaban J connectivity index is 2.30. The Bertz CT molecular complexity index is 756. The Morgan fingerprint density at radius 2 is 1.57 bits per heavy atom. The van der Waals surface area contributed by atoms with Crippen molar-refractivity contribution < 1.29 is 8.42 Å². The van der Waals surface area contributed by atoms with Crippen LogP contribution in [0.5, 0.6) is 0 Å². The van der Waals surface area contributed by atoms with Gasteiger partial charge in [-0.2, -0.15) is 0 Å². The van der Waals surface area contributed by atoms with Crippen LogP contribution in [0.4, 0.5) is 5.69 Å². The lowest BCUT2D eigenvalue weighted by Gasteiger charge is -2.11. The van der Waals surface area contributed by atoms with Crippen molar-refractivity contribution in [1.29, 1.82) is 0 Å². The van der Waals surface area contributed by atoms with Crippen LogP contribution in [0.3, 0.4) is 0 Å². The Morgan fingerprint density at radius 3 is 2.14 bits per heavy atom. The number of hydrogen-bond donors (Lipinski definition) is 2. The van der Waals surface area contributed by atoms with Crippen LogP contribution < -0.4 is 10.5 Å². The van der Waals surface area contributed by atoms with Gasteiger partial charge in [0.2, 0.25) is 10.0 Å². The van der Waals surface area contributed by atoms with E-state index < -0.39 is 10.0 Å². The minimum absolute atomic E-state index is 0.0268. The second kappa shape index (κ2) is 6.42. The fourth-order valence-corrected chi connectivity index (χ4v) is 4.16. The molecule has 0 saturated carbocycles. The molecule has 112 valence electrons. The van der Waals surface area contributed by atoms with E-state index in [1.165, 1.54) is 12.1 Å². The molecule has 0 aliphatic rings. The van der Waals surface area contributed by atoms with Crippen molar-refractivity contribution >= 4 is 50.5 Å². The molecular weight excluding hydrogens is 355 g/mol. The molecule has 2 rings (SSSR count). The molecule has 0 aromatic heterocycles. The molecule has 0 spiro atoms. The predicted molar refractivity (Wildman–Crippen MR) is 86.4 cm³/mol. The zero-order chi connectivity index (χ0) is 15.6. The lowest BCUT2D eigenvalue weighted by molar-refractivity contribution is 0.581. The predicted octanol–water partition coefficient (Wildman–Crippen LogP) is 3.71. The van der Waals surface area contributed by atoms with Crippen LogP contribution >= 0.6 is 34.8 Å². The van der Waals surface area contributed by atoms with Crippen LogP contribution in [-0.4, -0.2) is 8.42 Å². The van der Waals surface area contributed by atoms with E-state index in [1.54, 1.807) is 24.3 Å². The van der Waals surface area contributed by atoms with E-state index in [1.807, 2.05) is 0 Å². The topological polar surface area (TPSA) is 72.2 Å². The Labute approximate surface area is 137 Å². The van der Waals surface area contributed by atoms with Gasteiger partial charge in [0.15, 0.2) is 0 Å². The highest BCUT2D eigenvalue weighted by atomic mass is 35.5. The van der Waals surface area contributed by atoms with Gasteiger partial charge < -0.3 is 5.73 Å². The highest BCUT2D eigenvalue weighted by molar-refractivity contribution is 7.89. The molecule has 0 aliphatic heterocycles. The fourth-order valence-electron chi connectivity index (χ4n) is 1.72. The maximum Gasteiger partial charge on any atom is 0.243 e. The van der Waals surface area contributed by atoms with Crippen molar-refractivity contribution in [2.24, 2.45) is 0 Å². The smallest absolute Gasteiger partial charge is 0.243 e. The summed E-state index contributed by atoms with van der Waals surface area (Å²) in [5.41, 5.74) is 6.49. The molecule has 0 atom stereocenters. The van der Waals surface area contributed by atoms with Gasteiger partial charge in [0, 0.05) is 17.3 Å². The maximum atomic E-state index is 12.3. The molecular formula is C13H11Cl3N2O2S. The molecule has 0 unspecified atom stereocenters. The van der Waals surface area contributed by atoms with Crippen LogP contribution in [0.25, 0.3) is 0 Å². The summed E-state index contributed by atoms with van der Waals surface area (Å²) in [4.78, 5) is -0.202. The number of benzene rings is 2. The van der Waals surface area contributed by atoms with Crippen LogP contribution in [0.2, 0.25) is 15.1 Å². The van der Waals surface area contributed by atoms with Gasteiger partial charge in [-0.05, 0) is 23.8 Å². The summed E-state index contributed by atoms with van der Waals surface area (Å²) in [7, 11) is -3.88. The van der Waals surface area contributed by atoms with Crippen molar-refractivity contribution in [3.05, 3.63) is 57.0 Å². The largest absolute Gasteiger partial charge is 0.399 e. The molecule has 0 saturated heterocycles. The second-order valence-electron chi connectivity index (χ2n) is 4.23. The second-order valence-corrected chi connectivity index (χ2v) is 7.16. The van der Waals surface area contributed by atoms with Gasteiger partial charge >= 0.3 is 0 Å². The number of nitrogens with one attached hydrogen (secondary N) is 1. The van der Waals surface area contributed by atoms with Crippen molar-refractivity contribution in [1.82, 2.24) is 4.72 Å². The van der Waals surface area contributed by atoms with Crippen LogP contribution in [0.15, 0.2) is 41.3 Å². The number of hydrogen-bond acceptors (Lipinski definition) is 3. The molecule has 0 heterocycles. The zero-order valence-electron chi connectivity index (χ0n) is 10.6. The SMILES string of the molecule is Nc1cc(Cl)c(S(=O)(=O)NCc2ccccc2Cl)c(Cl)c1. The Kier molecular flexibility index (Phi) is 5.01. The van der Waals surface area contributed by atoms with E-state index in [0.717, 1.165) is 0 Å². The number of anilines is 1. The minimum atomic E-state index is -3.88. The van der Waals surface area contributed by atoms with Gasteiger partial charge in [-0.1, -0.05) is 53.0 Å². The van der Waals surface area contributed by atoms with Gasteiger partial charge in [-0.25, -0.2) is 13.1 Å². The van der Waals surface area contributed by atoms with E-state index in [9.17, 15) is 8.42 Å². The average molecular weight is 366 g/mol. The summed E-state index contributed by atoms with van der Waals surface area (Å²) in [6, 6.07) is 9.58. The molecule has 21 heavy (non-hydrogen) atoms. The van der Waals surface area contributed by atoms with E-state index in [4.69, 9.17) is 40.5 Å². The number of nitrogens with two attached hydrogens (primary N) is 1. The number of halogens is 3. The minimum Gasteiger partial charge on any atom is -0.399 e. The summed E-state index contributed by atoms with van der Waals surface area (Å²) in [6.45, 7) is 0.0268. The summed E-state index contributed by atoms with van der Waals surface area (Å²) >= 11 is 17.8. The molecule has 2 aromatic carbocycles. The molecule has 0 radical (unpaired) electrons. The first-order chi connectivity index (χ1) is 9.81. The first-order valence-electron chi connectivity index (χ1n) is 5.79. The van der Waals surface area contributed by atoms with Gasteiger partial charge in [-0.3, -0.25) is 0 Å². The third-order valence-corrected chi connectivity index (χ3v) is 5.39. The molecule has 0 bridgehead atoms. The van der Waals surface area contributed by atoms with Crippen LogP contribution in [0.1, 0.15) is 5.56 Å². The first kappa shape index (κ1) is 16.4. The van der Waals surface area contributed by atoms with E-state index in [-0.39, 0.29) is 27.2 Å². The molecule has 3 N–H and O–H groups in total. The first-order valence-corrected chi connectivity index (χ1v) is 8.40. The summed E-state index contributed by atoms with van der Waals surface area (Å²) in [5.74, 6) is 0. The van der Waals surface area contributed by atoms with E-state index in [0.29, 0.717) is 10.6 Å². The number of rotatable bonds is 4. The Morgan fingerprint density at radius 1 is 1.00 bits per heavy atom. The third-order valence-electron chi connectivity index (χ3n) is 2.70. The molecule has 0 fully saturated rings. The number of nitrogen functional groups attached to an aromatic ring is 1. The van der Waals surface area contributed by atoms with E-state index in [2.05, 4.69) is 4.72 Å². The van der Waals surface area contributed by atoms with Gasteiger partial charge in [0.25, 0.3) is 0 Å². The summed E-state index contributed by atoms with van der Waals surface area (Å²) < 4.78 is 27.0. The summed E-state index contributed by atoms with van der Waals surface area (Å²) in [5, 5.41) is 0.396. The average Bonchev–Trinajstić information content (AvgIpc) is 2.36. The van der Waals surface area contributed by atoms with Crippen LogP contribution in [-0.2, 0) is 16.6 Å². The maximum absolute atomic E-state index is 12.3. The van der Waals surface area contributed by atoms with Gasteiger partial charge in [-0.15, -0.1) is 0 Å². The molecule has 0 amide bonds. The van der Waals surface area contributed by atoms with Crippen molar-refractivity contribution in [2.75, 3.05) is 5.73 Å². The highest BCUT2D eigenvalue weighted by Gasteiger charge is 2.22. The number of sulfonamides is 1. The standard InChI is InChI=1S/C13H11Cl3N2O2S/c14-10-4-2-1-3-8(10)7-18-21(19,20)13-11(15)5-9(17)6-12(13)16/h1-6,18H,7,17H2. The quantitative estimate of drug-likeness (QED) is 0.811. The van der Waals surface area contributed by atoms with Gasteiger partial charge in [0.05, 0.1) is 10.0 Å². The van der Waals surface area contributed by atoms with E-state index >= 15 is 0 Å². The zero-order valence-corrected chi connectivity index (χ0v) is 13.7. The van der Waals surface area contributed by atoms with Crippen molar-refractivity contribution in [2.45, 2.75) is 11.4 Å². The third kappa shape index (κ3) is 3.81. The Hall–Kier alpha value is -0.980. The van der Waals surface area contributed by atoms with Crippen LogP contribution in [0, 0.1) is 0 Å². The van der Waals surface area contributed by atoms with Gasteiger partial charge in [0.1, 0.15) is 4.90 Å². The molecule has 4 nitrogen and oxygen atoms in total. The highest BCUT2D eigenvalue weighted by Crippen LogP contribution is 2.31. The fraction of sp³-hybridized carbons (Fsp3) is 0.0769. The molecule has 0 aliphatic carbocycles. The monoisotopic (exact) mass is 364 g/mol. The lowest BCUT2D eigenvalue weighted by atomic mass is 10.2. The summed E-state index contributed by atoms with van der Waals surface area (Å²) in [6.07, 6.45) is 0.